The lowest BCUT2D eigenvalue weighted by Crippen LogP contribution is -2.14. The van der Waals surface area contributed by atoms with Crippen LogP contribution in [0.15, 0.2) is 0 Å². The van der Waals surface area contributed by atoms with Crippen molar-refractivity contribution in [2.75, 3.05) is 24.7 Å². The highest BCUT2D eigenvalue weighted by atomic mass is 32.1. The summed E-state index contributed by atoms with van der Waals surface area (Å²) in [5, 5.41) is 4.65. The van der Waals surface area contributed by atoms with Crippen molar-refractivity contribution in [2.24, 2.45) is 5.41 Å². The summed E-state index contributed by atoms with van der Waals surface area (Å²) in [6, 6.07) is 0. The molecule has 3 rings (SSSR count). The number of hydrogen-bond donors (Lipinski definition) is 2. The highest BCUT2D eigenvalue weighted by molar-refractivity contribution is 7.18. The maximum atomic E-state index is 11.8. The quantitative estimate of drug-likeness (QED) is 0.787. The highest BCUT2D eigenvalue weighted by Gasteiger charge is 2.41. The van der Waals surface area contributed by atoms with Gasteiger partial charge in [-0.1, -0.05) is 6.92 Å². The van der Waals surface area contributed by atoms with Crippen molar-refractivity contribution in [2.45, 2.75) is 44.9 Å². The summed E-state index contributed by atoms with van der Waals surface area (Å²) < 4.78 is 4.83. The molecule has 0 saturated heterocycles. The number of nitrogens with one attached hydrogen (secondary N) is 1. The molecule has 1 heterocycles. The van der Waals surface area contributed by atoms with Crippen molar-refractivity contribution in [1.29, 1.82) is 0 Å². The number of thiophene rings is 1. The molecule has 3 N–H and O–H groups in total. The van der Waals surface area contributed by atoms with Gasteiger partial charge in [0.1, 0.15) is 4.88 Å². The van der Waals surface area contributed by atoms with E-state index in [0.29, 0.717) is 21.9 Å². The lowest BCUT2D eigenvalue weighted by Gasteiger charge is -2.14. The molecule has 2 aliphatic carbocycles. The summed E-state index contributed by atoms with van der Waals surface area (Å²) in [5.74, 6) is 0.211. The predicted molar refractivity (Wildman–Crippen MR) is 82.5 cm³/mol. The summed E-state index contributed by atoms with van der Waals surface area (Å²) in [6.45, 7) is 3.24. The Balaban J connectivity index is 1.83. The second-order valence-corrected chi connectivity index (χ2v) is 7.08. The molecular formula is C15H22N2O2S. The number of nitrogen functional groups attached to an aromatic ring is 1. The Kier molecular flexibility index (Phi) is 3.40. The highest BCUT2D eigenvalue weighted by Crippen LogP contribution is 2.53. The van der Waals surface area contributed by atoms with Gasteiger partial charge in [0.05, 0.1) is 17.8 Å². The van der Waals surface area contributed by atoms with Gasteiger partial charge >= 0.3 is 5.97 Å². The van der Waals surface area contributed by atoms with Crippen LogP contribution in [0.4, 0.5) is 10.7 Å². The lowest BCUT2D eigenvalue weighted by atomic mass is 10.0. The molecule has 1 aromatic rings. The van der Waals surface area contributed by atoms with Gasteiger partial charge in [-0.2, -0.15) is 0 Å². The van der Waals surface area contributed by atoms with Gasteiger partial charge in [-0.05, 0) is 43.4 Å². The van der Waals surface area contributed by atoms with Crippen LogP contribution in [0.3, 0.4) is 0 Å². The van der Waals surface area contributed by atoms with Crippen LogP contribution in [0.25, 0.3) is 0 Å². The number of carbonyl (C=O) groups excluding carboxylic acids is 1. The van der Waals surface area contributed by atoms with Gasteiger partial charge in [0.15, 0.2) is 0 Å². The zero-order chi connectivity index (χ0) is 14.3. The molecule has 2 fully saturated rings. The third kappa shape index (κ3) is 2.39. The minimum atomic E-state index is -0.320. The molecule has 0 unspecified atom stereocenters. The van der Waals surface area contributed by atoms with E-state index in [-0.39, 0.29) is 5.97 Å². The third-order valence-corrected chi connectivity index (χ3v) is 5.83. The average Bonchev–Trinajstić information content (AvgIpc) is 3.36. The number of esters is 1. The predicted octanol–water partition coefficient (Wildman–Crippen LogP) is 3.60. The van der Waals surface area contributed by atoms with E-state index in [0.717, 1.165) is 17.1 Å². The lowest BCUT2D eigenvalue weighted by molar-refractivity contribution is 0.0607. The molecule has 2 saturated carbocycles. The van der Waals surface area contributed by atoms with Crippen molar-refractivity contribution in [3.05, 3.63) is 10.4 Å². The third-order valence-electron chi connectivity index (χ3n) is 4.67. The van der Waals surface area contributed by atoms with Crippen LogP contribution < -0.4 is 11.1 Å². The van der Waals surface area contributed by atoms with Gasteiger partial charge in [0.25, 0.3) is 0 Å². The second kappa shape index (κ2) is 4.95. The number of nitrogens with two attached hydrogens (primary N) is 1. The number of carbonyl (C=O) groups is 1. The van der Waals surface area contributed by atoms with Gasteiger partial charge in [0, 0.05) is 12.1 Å². The molecule has 0 atom stereocenters. The van der Waals surface area contributed by atoms with Gasteiger partial charge in [-0.15, -0.1) is 11.3 Å². The maximum absolute atomic E-state index is 11.8. The first-order chi connectivity index (χ1) is 9.60. The molecule has 5 heteroatoms. The topological polar surface area (TPSA) is 64.3 Å². The summed E-state index contributed by atoms with van der Waals surface area (Å²) in [4.78, 5) is 12.3. The standard InChI is InChI=1S/C15H22N2O2S/c1-3-15(6-7-15)8-17-13-10(9-4-5-9)11(16)12(20-13)14(18)19-2/h9,17H,3-8,16H2,1-2H3. The molecule has 0 aliphatic heterocycles. The Hall–Kier alpha value is -1.23. The number of rotatable bonds is 6. The number of anilines is 2. The van der Waals surface area contributed by atoms with Gasteiger partial charge in [-0.3, -0.25) is 0 Å². The Morgan fingerprint density at radius 3 is 2.70 bits per heavy atom. The average molecular weight is 294 g/mol. The van der Waals surface area contributed by atoms with Crippen molar-refractivity contribution in [1.82, 2.24) is 0 Å². The van der Waals surface area contributed by atoms with E-state index in [1.54, 1.807) is 0 Å². The normalized spacial score (nSPS) is 19.7. The number of methoxy groups -OCH3 is 1. The molecular weight excluding hydrogens is 272 g/mol. The van der Waals surface area contributed by atoms with Crippen molar-refractivity contribution < 1.29 is 9.53 Å². The fourth-order valence-electron chi connectivity index (χ4n) is 2.71. The largest absolute Gasteiger partial charge is 0.465 e. The van der Waals surface area contributed by atoms with Gasteiger partial charge < -0.3 is 15.8 Å². The fraction of sp³-hybridized carbons (Fsp3) is 0.667. The van der Waals surface area contributed by atoms with Crippen LogP contribution in [0.5, 0.6) is 0 Å². The SMILES string of the molecule is CCC1(CNc2sc(C(=O)OC)c(N)c2C2CC2)CC1. The molecule has 0 bridgehead atoms. The van der Waals surface area contributed by atoms with E-state index in [2.05, 4.69) is 12.2 Å². The maximum Gasteiger partial charge on any atom is 0.350 e. The second-order valence-electron chi connectivity index (χ2n) is 6.06. The Labute approximate surface area is 123 Å². The summed E-state index contributed by atoms with van der Waals surface area (Å²) in [7, 11) is 1.40. The van der Waals surface area contributed by atoms with E-state index in [1.807, 2.05) is 0 Å². The molecule has 0 radical (unpaired) electrons. The van der Waals surface area contributed by atoms with E-state index in [4.69, 9.17) is 10.5 Å². The first kappa shape index (κ1) is 13.7. The van der Waals surface area contributed by atoms with Crippen LogP contribution in [-0.2, 0) is 4.74 Å². The monoisotopic (exact) mass is 294 g/mol. The van der Waals surface area contributed by atoms with Crippen LogP contribution in [0.1, 0.15) is 60.2 Å². The number of hydrogen-bond acceptors (Lipinski definition) is 5. The Morgan fingerprint density at radius 2 is 2.20 bits per heavy atom. The van der Waals surface area contributed by atoms with Crippen LogP contribution in [0.2, 0.25) is 0 Å². The van der Waals surface area contributed by atoms with Crippen molar-refractivity contribution in [3.8, 4) is 0 Å². The van der Waals surface area contributed by atoms with Crippen LogP contribution in [0, 0.1) is 5.41 Å². The Morgan fingerprint density at radius 1 is 1.50 bits per heavy atom. The summed E-state index contributed by atoms with van der Waals surface area (Å²) >= 11 is 1.46. The van der Waals surface area contributed by atoms with E-state index in [9.17, 15) is 4.79 Å². The van der Waals surface area contributed by atoms with Crippen molar-refractivity contribution >= 4 is 28.0 Å². The molecule has 0 aromatic carbocycles. The van der Waals surface area contributed by atoms with Gasteiger partial charge in [0.2, 0.25) is 0 Å². The zero-order valence-electron chi connectivity index (χ0n) is 12.1. The molecule has 110 valence electrons. The van der Waals surface area contributed by atoms with E-state index >= 15 is 0 Å². The number of ether oxygens (including phenoxy) is 1. The molecule has 1 aromatic heterocycles. The summed E-state index contributed by atoms with van der Waals surface area (Å²) in [6.07, 6.45) is 6.17. The smallest absolute Gasteiger partial charge is 0.350 e. The van der Waals surface area contributed by atoms with Gasteiger partial charge in [-0.25, -0.2) is 4.79 Å². The molecule has 4 nitrogen and oxygen atoms in total. The minimum Gasteiger partial charge on any atom is -0.465 e. The molecule has 20 heavy (non-hydrogen) atoms. The first-order valence-electron chi connectivity index (χ1n) is 7.34. The fourth-order valence-corrected chi connectivity index (χ4v) is 3.83. The van der Waals surface area contributed by atoms with Crippen LogP contribution >= 0.6 is 11.3 Å². The summed E-state index contributed by atoms with van der Waals surface area (Å²) in [5.41, 5.74) is 8.44. The van der Waals surface area contributed by atoms with E-state index < -0.39 is 0 Å². The van der Waals surface area contributed by atoms with Crippen molar-refractivity contribution in [3.63, 3.8) is 0 Å². The first-order valence-corrected chi connectivity index (χ1v) is 8.16. The Bertz CT molecular complexity index is 530. The molecule has 0 spiro atoms. The minimum absolute atomic E-state index is 0.320. The molecule has 2 aliphatic rings. The van der Waals surface area contributed by atoms with E-state index in [1.165, 1.54) is 50.6 Å². The zero-order valence-corrected chi connectivity index (χ0v) is 12.9. The van der Waals surface area contributed by atoms with Crippen LogP contribution in [-0.4, -0.2) is 19.6 Å². The molecule has 0 amide bonds.